The van der Waals surface area contributed by atoms with Gasteiger partial charge in [-0.2, -0.15) is 0 Å². The number of amides is 1. The lowest BCUT2D eigenvalue weighted by Crippen LogP contribution is -2.46. The molecule has 0 heterocycles. The molecule has 1 aliphatic rings. The van der Waals surface area contributed by atoms with Crippen LogP contribution in [-0.2, 0) is 11.3 Å². The van der Waals surface area contributed by atoms with Gasteiger partial charge < -0.3 is 10.6 Å². The second-order valence-electron chi connectivity index (χ2n) is 5.94. The van der Waals surface area contributed by atoms with E-state index in [9.17, 15) is 9.18 Å². The molecule has 0 spiro atoms. The van der Waals surface area contributed by atoms with E-state index in [1.54, 1.807) is 30.1 Å². The van der Waals surface area contributed by atoms with Crippen LogP contribution < -0.4 is 5.73 Å². The molecule has 3 nitrogen and oxygen atoms in total. The Balaban J connectivity index is 1.93. The number of carbonyl (C=O) groups is 1. The number of nitrogens with zero attached hydrogens (tertiary/aromatic N) is 1. The molecular weight excluding hydrogens is 255 g/mol. The Labute approximate surface area is 120 Å². The highest BCUT2D eigenvalue weighted by Gasteiger charge is 2.31. The van der Waals surface area contributed by atoms with Crippen molar-refractivity contribution < 1.29 is 9.18 Å². The van der Waals surface area contributed by atoms with Gasteiger partial charge in [0.2, 0.25) is 5.91 Å². The Morgan fingerprint density at radius 1 is 1.30 bits per heavy atom. The molecule has 1 aromatic carbocycles. The van der Waals surface area contributed by atoms with Crippen LogP contribution in [0.2, 0.25) is 0 Å². The van der Waals surface area contributed by atoms with Crippen LogP contribution in [0.1, 0.15) is 44.1 Å². The normalized spacial score (nSPS) is 17.8. The molecule has 0 unspecified atom stereocenters. The molecule has 0 atom stereocenters. The molecule has 1 saturated carbocycles. The Bertz CT molecular complexity index is 469. The van der Waals surface area contributed by atoms with Gasteiger partial charge in [-0.3, -0.25) is 4.79 Å². The van der Waals surface area contributed by atoms with Crippen LogP contribution in [0.5, 0.6) is 0 Å². The lowest BCUT2D eigenvalue weighted by atomic mass is 9.80. The van der Waals surface area contributed by atoms with E-state index >= 15 is 0 Å². The summed E-state index contributed by atoms with van der Waals surface area (Å²) in [4.78, 5) is 13.8. The second kappa shape index (κ2) is 6.35. The van der Waals surface area contributed by atoms with Gasteiger partial charge in [0.05, 0.1) is 0 Å². The maximum Gasteiger partial charge on any atom is 0.224 e. The molecule has 4 heteroatoms. The van der Waals surface area contributed by atoms with Crippen molar-refractivity contribution in [2.24, 2.45) is 5.73 Å². The van der Waals surface area contributed by atoms with Gasteiger partial charge >= 0.3 is 0 Å². The van der Waals surface area contributed by atoms with Crippen LogP contribution in [0.4, 0.5) is 4.39 Å². The average Bonchev–Trinajstić information content (AvgIpc) is 2.41. The van der Waals surface area contributed by atoms with E-state index in [1.807, 2.05) is 0 Å². The molecule has 1 aliphatic carbocycles. The minimum absolute atomic E-state index is 0.00217. The summed E-state index contributed by atoms with van der Waals surface area (Å²) in [7, 11) is 1.71. The Morgan fingerprint density at radius 3 is 2.60 bits per heavy atom. The molecule has 1 fully saturated rings. The summed E-state index contributed by atoms with van der Waals surface area (Å²) in [5, 5.41) is 0. The van der Waals surface area contributed by atoms with Gasteiger partial charge in [-0.1, -0.05) is 37.5 Å². The maximum absolute atomic E-state index is 13.6. The average molecular weight is 278 g/mol. The highest BCUT2D eigenvalue weighted by atomic mass is 19.1. The van der Waals surface area contributed by atoms with Crippen LogP contribution >= 0.6 is 0 Å². The van der Waals surface area contributed by atoms with Crippen molar-refractivity contribution in [1.29, 1.82) is 0 Å². The molecule has 0 aliphatic heterocycles. The number of hydrogen-bond donors (Lipinski definition) is 1. The quantitative estimate of drug-likeness (QED) is 0.920. The van der Waals surface area contributed by atoms with Gasteiger partial charge in [-0.05, 0) is 18.9 Å². The van der Waals surface area contributed by atoms with Gasteiger partial charge in [0.1, 0.15) is 5.82 Å². The summed E-state index contributed by atoms with van der Waals surface area (Å²) in [6, 6.07) is 6.55. The SMILES string of the molecule is CN(Cc1ccccc1F)C(=O)CC1(N)CCCCC1. The third-order valence-electron chi connectivity index (χ3n) is 4.14. The van der Waals surface area contributed by atoms with Gasteiger partial charge in [-0.15, -0.1) is 0 Å². The predicted octanol–water partition coefficient (Wildman–Crippen LogP) is 2.84. The number of nitrogens with two attached hydrogens (primary N) is 1. The van der Waals surface area contributed by atoms with Crippen molar-refractivity contribution in [3.8, 4) is 0 Å². The van der Waals surface area contributed by atoms with E-state index in [4.69, 9.17) is 5.73 Å². The Hall–Kier alpha value is -1.42. The summed E-state index contributed by atoms with van der Waals surface area (Å²) >= 11 is 0. The van der Waals surface area contributed by atoms with Crippen molar-refractivity contribution in [3.05, 3.63) is 35.6 Å². The van der Waals surface area contributed by atoms with E-state index in [-0.39, 0.29) is 17.3 Å². The fraction of sp³-hybridized carbons (Fsp3) is 0.562. The van der Waals surface area contributed by atoms with Crippen LogP contribution in [-0.4, -0.2) is 23.4 Å². The second-order valence-corrected chi connectivity index (χ2v) is 5.94. The summed E-state index contributed by atoms with van der Waals surface area (Å²) in [5.41, 5.74) is 6.48. The van der Waals surface area contributed by atoms with Crippen molar-refractivity contribution in [1.82, 2.24) is 4.90 Å². The topological polar surface area (TPSA) is 46.3 Å². The first-order valence-electron chi connectivity index (χ1n) is 7.26. The number of carbonyl (C=O) groups excluding carboxylic acids is 1. The standard InChI is InChI=1S/C16H23FN2O/c1-19(12-13-7-3-4-8-14(13)17)15(20)11-16(18)9-5-2-6-10-16/h3-4,7-8H,2,5-6,9-12,18H2,1H3. The van der Waals surface area contributed by atoms with E-state index < -0.39 is 0 Å². The molecule has 0 aromatic heterocycles. The van der Waals surface area contributed by atoms with Crippen molar-refractivity contribution in [2.45, 2.75) is 50.6 Å². The third kappa shape index (κ3) is 3.79. The molecule has 1 amide bonds. The molecule has 2 rings (SSSR count). The predicted molar refractivity (Wildman–Crippen MR) is 77.5 cm³/mol. The van der Waals surface area contributed by atoms with Crippen LogP contribution in [0, 0.1) is 5.82 Å². The van der Waals surface area contributed by atoms with Gasteiger partial charge in [0, 0.05) is 31.1 Å². The lowest BCUT2D eigenvalue weighted by Gasteiger charge is -2.34. The fourth-order valence-corrected chi connectivity index (χ4v) is 2.84. The number of halogens is 1. The van der Waals surface area contributed by atoms with Crippen LogP contribution in [0.15, 0.2) is 24.3 Å². The highest BCUT2D eigenvalue weighted by Crippen LogP contribution is 2.29. The van der Waals surface area contributed by atoms with Gasteiger partial charge in [0.15, 0.2) is 0 Å². The zero-order valence-electron chi connectivity index (χ0n) is 12.1. The molecule has 110 valence electrons. The summed E-state index contributed by atoms with van der Waals surface area (Å²) in [6.07, 6.45) is 5.58. The Morgan fingerprint density at radius 2 is 1.95 bits per heavy atom. The van der Waals surface area contributed by atoms with Crippen LogP contribution in [0.3, 0.4) is 0 Å². The minimum atomic E-state index is -0.362. The molecule has 1 aromatic rings. The monoisotopic (exact) mass is 278 g/mol. The van der Waals surface area contributed by atoms with Crippen molar-refractivity contribution in [3.63, 3.8) is 0 Å². The largest absolute Gasteiger partial charge is 0.341 e. The van der Waals surface area contributed by atoms with Crippen molar-refractivity contribution >= 4 is 5.91 Å². The highest BCUT2D eigenvalue weighted by molar-refractivity contribution is 5.77. The summed E-state index contributed by atoms with van der Waals surface area (Å²) < 4.78 is 13.6. The number of rotatable bonds is 4. The van der Waals surface area contributed by atoms with E-state index in [1.165, 1.54) is 12.5 Å². The smallest absolute Gasteiger partial charge is 0.224 e. The summed E-state index contributed by atoms with van der Waals surface area (Å²) in [5.74, 6) is -0.273. The molecular formula is C16H23FN2O. The van der Waals surface area contributed by atoms with E-state index in [0.717, 1.165) is 25.7 Å². The van der Waals surface area contributed by atoms with Crippen molar-refractivity contribution in [2.75, 3.05) is 7.05 Å². The molecule has 2 N–H and O–H groups in total. The first kappa shape index (κ1) is 15.0. The van der Waals surface area contributed by atoms with Gasteiger partial charge in [0.25, 0.3) is 0 Å². The van der Waals surface area contributed by atoms with Gasteiger partial charge in [-0.25, -0.2) is 4.39 Å². The Kier molecular flexibility index (Phi) is 4.76. The van der Waals surface area contributed by atoms with E-state index in [0.29, 0.717) is 18.5 Å². The molecule has 0 radical (unpaired) electrons. The first-order chi connectivity index (χ1) is 9.50. The minimum Gasteiger partial charge on any atom is -0.341 e. The molecule has 0 saturated heterocycles. The first-order valence-corrected chi connectivity index (χ1v) is 7.26. The zero-order chi connectivity index (χ0) is 14.6. The maximum atomic E-state index is 13.6. The lowest BCUT2D eigenvalue weighted by molar-refractivity contribution is -0.132. The third-order valence-corrected chi connectivity index (χ3v) is 4.14. The number of benzene rings is 1. The fourth-order valence-electron chi connectivity index (χ4n) is 2.84. The summed E-state index contributed by atoms with van der Waals surface area (Å²) in [6.45, 7) is 0.293. The molecule has 20 heavy (non-hydrogen) atoms. The van der Waals surface area contributed by atoms with Crippen LogP contribution in [0.25, 0.3) is 0 Å². The zero-order valence-corrected chi connectivity index (χ0v) is 12.1. The number of hydrogen-bond acceptors (Lipinski definition) is 2. The molecule has 0 bridgehead atoms. The van der Waals surface area contributed by atoms with E-state index in [2.05, 4.69) is 0 Å².